The molecule has 1 aliphatic rings. The van der Waals surface area contributed by atoms with E-state index in [1.54, 1.807) is 42.7 Å². The lowest BCUT2D eigenvalue weighted by atomic mass is 10.1. The number of rotatable bonds is 7. The number of nitrogens with zero attached hydrogens (tertiary/aromatic N) is 1. The minimum atomic E-state index is -0.468. The number of carbonyl (C=O) groups excluding carboxylic acids is 2. The van der Waals surface area contributed by atoms with Gasteiger partial charge in [-0.1, -0.05) is 25.0 Å². The molecule has 6 N–H and O–H groups in total. The number of aromatic nitrogens is 1. The Morgan fingerprint density at radius 2 is 1.84 bits per heavy atom. The van der Waals surface area contributed by atoms with E-state index in [2.05, 4.69) is 15.6 Å². The van der Waals surface area contributed by atoms with Crippen LogP contribution < -0.4 is 16.4 Å². The predicted octanol–water partition coefficient (Wildman–Crippen LogP) is 1.89. The third-order valence-corrected chi connectivity index (χ3v) is 4.89. The van der Waals surface area contributed by atoms with Gasteiger partial charge in [0.2, 0.25) is 0 Å². The Morgan fingerprint density at radius 1 is 1.16 bits per heavy atom. The number of aliphatic hydroxyl groups is 1. The molecule has 0 atom stereocenters. The Balaban J connectivity index is 0.00000166. The van der Waals surface area contributed by atoms with Gasteiger partial charge in [0, 0.05) is 43.2 Å². The number of allylic oxidation sites excluding steroid dienone is 1. The van der Waals surface area contributed by atoms with Crippen LogP contribution in [-0.2, 0) is 11.3 Å². The van der Waals surface area contributed by atoms with Crippen LogP contribution >= 0.6 is 0 Å². The van der Waals surface area contributed by atoms with E-state index >= 15 is 0 Å². The second kappa shape index (κ2) is 12.2. The molecule has 31 heavy (non-hydrogen) atoms. The van der Waals surface area contributed by atoms with Crippen molar-refractivity contribution in [3.63, 3.8) is 0 Å². The van der Waals surface area contributed by atoms with Gasteiger partial charge < -0.3 is 26.9 Å². The molecule has 1 aliphatic carbocycles. The quantitative estimate of drug-likeness (QED) is 0.342. The monoisotopic (exact) mass is 423 g/mol. The topological polar surface area (TPSA) is 141 Å². The maximum Gasteiger partial charge on any atom is 0.267 e. The summed E-state index contributed by atoms with van der Waals surface area (Å²) in [5.74, 6) is -0.556. The van der Waals surface area contributed by atoms with Crippen molar-refractivity contribution in [3.8, 4) is 0 Å². The second-order valence-corrected chi connectivity index (χ2v) is 7.09. The van der Waals surface area contributed by atoms with Crippen LogP contribution in [0.2, 0.25) is 0 Å². The highest BCUT2D eigenvalue weighted by Crippen LogP contribution is 2.18. The Bertz CT molecular complexity index is 922. The van der Waals surface area contributed by atoms with Crippen LogP contribution in [0.1, 0.15) is 47.2 Å². The molecule has 0 unspecified atom stereocenters. The zero-order valence-corrected chi connectivity index (χ0v) is 17.6. The third kappa shape index (κ3) is 7.35. The van der Waals surface area contributed by atoms with Gasteiger partial charge in [0.1, 0.15) is 0 Å². The summed E-state index contributed by atoms with van der Waals surface area (Å²) in [6.45, 7) is 0.237. The normalized spacial score (nSPS) is 13.7. The molecule has 3 rings (SSSR count). The summed E-state index contributed by atoms with van der Waals surface area (Å²) in [6.07, 6.45) is 8.84. The zero-order valence-electron chi connectivity index (χ0n) is 17.6. The maximum atomic E-state index is 12.4. The van der Waals surface area contributed by atoms with Crippen molar-refractivity contribution in [1.29, 1.82) is 5.41 Å². The van der Waals surface area contributed by atoms with Crippen LogP contribution in [0.5, 0.6) is 0 Å². The maximum absolute atomic E-state index is 12.4. The highest BCUT2D eigenvalue weighted by Gasteiger charge is 2.18. The smallest absolute Gasteiger partial charge is 0.267 e. The first kappa shape index (κ1) is 23.8. The highest BCUT2D eigenvalue weighted by atomic mass is 16.2. The molecule has 1 saturated carbocycles. The van der Waals surface area contributed by atoms with E-state index in [-0.39, 0.29) is 29.9 Å². The zero-order chi connectivity index (χ0) is 22.6. The van der Waals surface area contributed by atoms with E-state index in [1.165, 1.54) is 6.08 Å². The number of nitrogens with one attached hydrogen (secondary N) is 3. The Kier molecular flexibility index (Phi) is 9.38. The van der Waals surface area contributed by atoms with Gasteiger partial charge in [-0.25, -0.2) is 0 Å². The molecule has 2 amide bonds. The minimum absolute atomic E-state index is 0.0538. The van der Waals surface area contributed by atoms with Crippen LogP contribution in [0.25, 0.3) is 0 Å². The van der Waals surface area contributed by atoms with E-state index in [4.69, 9.17) is 16.2 Å². The molecule has 1 aromatic carbocycles. The van der Waals surface area contributed by atoms with Crippen molar-refractivity contribution < 1.29 is 14.7 Å². The first-order valence-electron chi connectivity index (χ1n) is 10.1. The van der Waals surface area contributed by atoms with Crippen LogP contribution in [0.15, 0.2) is 60.6 Å². The Morgan fingerprint density at radius 3 is 2.52 bits per heavy atom. The summed E-state index contributed by atoms with van der Waals surface area (Å²) in [6, 6.07) is 10.8. The molecular formula is C23H29N5O3. The van der Waals surface area contributed by atoms with Crippen LogP contribution in [0, 0.1) is 5.41 Å². The first-order chi connectivity index (χ1) is 15.0. The van der Waals surface area contributed by atoms with E-state index in [9.17, 15) is 9.59 Å². The van der Waals surface area contributed by atoms with Crippen LogP contribution in [0.4, 0.5) is 0 Å². The van der Waals surface area contributed by atoms with Crippen LogP contribution in [-0.4, -0.2) is 40.8 Å². The number of hydrogen-bond donors (Lipinski definition) is 5. The lowest BCUT2D eigenvalue weighted by molar-refractivity contribution is -0.117. The van der Waals surface area contributed by atoms with Crippen molar-refractivity contribution in [2.24, 2.45) is 5.73 Å². The van der Waals surface area contributed by atoms with Gasteiger partial charge >= 0.3 is 0 Å². The molecule has 1 heterocycles. The predicted molar refractivity (Wildman–Crippen MR) is 119 cm³/mol. The van der Waals surface area contributed by atoms with Gasteiger partial charge in [-0.15, -0.1) is 0 Å². The lowest BCUT2D eigenvalue weighted by Gasteiger charge is -2.12. The molecule has 1 fully saturated rings. The number of carbonyl (C=O) groups is 2. The number of hydrogen-bond acceptors (Lipinski definition) is 6. The summed E-state index contributed by atoms with van der Waals surface area (Å²) in [5, 5.41) is 20.8. The number of nitrogens with two attached hydrogens (primary N) is 1. The highest BCUT2D eigenvalue weighted by molar-refractivity contribution is 6.10. The van der Waals surface area contributed by atoms with Crippen molar-refractivity contribution >= 4 is 17.5 Å². The van der Waals surface area contributed by atoms with Gasteiger partial charge in [-0.05, 0) is 48.7 Å². The molecule has 0 aliphatic heterocycles. The molecule has 164 valence electrons. The average Bonchev–Trinajstić information content (AvgIpc) is 3.32. The van der Waals surface area contributed by atoms with E-state index < -0.39 is 5.91 Å². The van der Waals surface area contributed by atoms with E-state index in [0.29, 0.717) is 11.1 Å². The summed E-state index contributed by atoms with van der Waals surface area (Å²) < 4.78 is 0. The van der Waals surface area contributed by atoms with E-state index in [1.807, 2.05) is 6.07 Å². The summed E-state index contributed by atoms with van der Waals surface area (Å²) in [5.41, 5.74) is 7.89. The second-order valence-electron chi connectivity index (χ2n) is 7.09. The SMILES string of the molecule is CO.N=C(/C=C(\N)C(=O)NCc1cccc(C(=O)NC2CCCC2)c1)c1ccncc1. The minimum Gasteiger partial charge on any atom is -0.400 e. The van der Waals surface area contributed by atoms with Crippen LogP contribution in [0.3, 0.4) is 0 Å². The van der Waals surface area contributed by atoms with Gasteiger partial charge in [0.05, 0.1) is 11.4 Å². The van der Waals surface area contributed by atoms with E-state index in [0.717, 1.165) is 38.4 Å². The van der Waals surface area contributed by atoms with Gasteiger partial charge in [0.25, 0.3) is 11.8 Å². The number of aliphatic hydroxyl groups excluding tert-OH is 1. The molecule has 8 nitrogen and oxygen atoms in total. The molecule has 1 aromatic heterocycles. The molecule has 0 saturated heterocycles. The fourth-order valence-electron chi connectivity index (χ4n) is 3.28. The molecule has 8 heteroatoms. The Hall–Kier alpha value is -3.52. The Labute approximate surface area is 182 Å². The van der Waals surface area contributed by atoms with Gasteiger partial charge in [-0.3, -0.25) is 14.6 Å². The van der Waals surface area contributed by atoms with Gasteiger partial charge in [0.15, 0.2) is 0 Å². The summed E-state index contributed by atoms with van der Waals surface area (Å²) >= 11 is 0. The van der Waals surface area contributed by atoms with Crippen molar-refractivity contribution in [2.75, 3.05) is 7.11 Å². The lowest BCUT2D eigenvalue weighted by Crippen LogP contribution is -2.32. The molecule has 2 aromatic rings. The van der Waals surface area contributed by atoms with Gasteiger partial charge in [-0.2, -0.15) is 0 Å². The van der Waals surface area contributed by atoms with Crippen molar-refractivity contribution in [3.05, 3.63) is 77.3 Å². The summed E-state index contributed by atoms with van der Waals surface area (Å²) in [4.78, 5) is 28.5. The largest absolute Gasteiger partial charge is 0.400 e. The fraction of sp³-hybridized carbons (Fsp3) is 0.304. The molecular weight excluding hydrogens is 394 g/mol. The summed E-state index contributed by atoms with van der Waals surface area (Å²) in [7, 11) is 1.00. The average molecular weight is 424 g/mol. The number of amides is 2. The fourth-order valence-corrected chi connectivity index (χ4v) is 3.28. The third-order valence-electron chi connectivity index (χ3n) is 4.89. The molecule has 0 spiro atoms. The molecule has 0 bridgehead atoms. The number of pyridine rings is 1. The van der Waals surface area contributed by atoms with Crippen molar-refractivity contribution in [2.45, 2.75) is 38.3 Å². The van der Waals surface area contributed by atoms with Crippen molar-refractivity contribution in [1.82, 2.24) is 15.6 Å². The molecule has 0 radical (unpaired) electrons. The number of benzene rings is 1. The standard InChI is InChI=1S/C22H25N5O2.CH4O/c23-19(16-8-10-25-11-9-16)13-20(24)22(29)26-14-15-4-3-5-17(12-15)21(28)27-18-6-1-2-7-18;1-2/h3-5,8-13,18,23H,1-2,6-7,14,24H2,(H,26,29)(H,27,28);2H,1H3/b20-13-,23-19?;. The first-order valence-corrected chi connectivity index (χ1v) is 10.1.